The Labute approximate surface area is 286 Å². The summed E-state index contributed by atoms with van der Waals surface area (Å²) in [5, 5.41) is 14.9. The molecule has 0 N–H and O–H groups in total. The first-order chi connectivity index (χ1) is 24.0. The zero-order valence-corrected chi connectivity index (χ0v) is 27.7. The van der Waals surface area contributed by atoms with Crippen LogP contribution in [0.3, 0.4) is 0 Å². The summed E-state index contributed by atoms with van der Waals surface area (Å²) in [6.07, 6.45) is -4.76. The molecule has 0 unspecified atom stereocenters. The lowest BCUT2D eigenvalue weighted by Gasteiger charge is -2.21. The van der Waals surface area contributed by atoms with Crippen LogP contribution in [0.5, 0.6) is 0 Å². The summed E-state index contributed by atoms with van der Waals surface area (Å²) in [6, 6.07) is 33.5. The SMILES string of the molecule is [C-]#[N+]c1cccc(C(F)(F)F)c1-c1cc(-n2c3cccc(C)c3c3c(C)cccc32)c(-n2c3cccc(C)c3c3c(C)cccc32)cc1C#N. The normalized spacial score (nSPS) is 11.9. The smallest absolute Gasteiger partial charge is 0.307 e. The van der Waals surface area contributed by atoms with E-state index in [2.05, 4.69) is 72.0 Å². The van der Waals surface area contributed by atoms with Crippen LogP contribution >= 0.6 is 0 Å². The second-order valence-corrected chi connectivity index (χ2v) is 12.9. The Morgan fingerprint density at radius 1 is 0.600 bits per heavy atom. The molecular weight excluding hydrogens is 629 g/mol. The van der Waals surface area contributed by atoms with Gasteiger partial charge < -0.3 is 9.13 Å². The van der Waals surface area contributed by atoms with Crippen molar-refractivity contribution in [1.29, 1.82) is 5.26 Å². The molecule has 2 aromatic heterocycles. The van der Waals surface area contributed by atoms with Crippen molar-refractivity contribution in [3.8, 4) is 28.6 Å². The van der Waals surface area contributed by atoms with Gasteiger partial charge in [-0.3, -0.25) is 0 Å². The molecule has 0 atom stereocenters. The number of nitrogens with zero attached hydrogens (tertiary/aromatic N) is 4. The summed E-state index contributed by atoms with van der Waals surface area (Å²) in [5.74, 6) is 0. The van der Waals surface area contributed by atoms with Crippen molar-refractivity contribution >= 4 is 49.3 Å². The van der Waals surface area contributed by atoms with E-state index in [1.165, 1.54) is 12.1 Å². The quantitative estimate of drug-likeness (QED) is 0.174. The Kier molecular flexibility index (Phi) is 6.89. The predicted molar refractivity (Wildman–Crippen MR) is 195 cm³/mol. The fourth-order valence-electron chi connectivity index (χ4n) is 7.82. The summed E-state index contributed by atoms with van der Waals surface area (Å²) in [7, 11) is 0. The van der Waals surface area contributed by atoms with E-state index in [1.807, 2.05) is 48.5 Å². The Bertz CT molecular complexity index is 2700. The average Bonchev–Trinajstić information content (AvgIpc) is 3.63. The van der Waals surface area contributed by atoms with Crippen LogP contribution < -0.4 is 0 Å². The third-order valence-corrected chi connectivity index (χ3v) is 9.92. The highest BCUT2D eigenvalue weighted by molar-refractivity contribution is 6.14. The average molecular weight is 659 g/mol. The Balaban J connectivity index is 1.64. The van der Waals surface area contributed by atoms with Crippen molar-refractivity contribution < 1.29 is 13.2 Å². The van der Waals surface area contributed by atoms with Gasteiger partial charge >= 0.3 is 6.18 Å². The van der Waals surface area contributed by atoms with Crippen molar-refractivity contribution in [3.63, 3.8) is 0 Å². The maximum absolute atomic E-state index is 14.7. The molecule has 0 aliphatic carbocycles. The first-order valence-electron chi connectivity index (χ1n) is 16.2. The molecule has 0 saturated heterocycles. The Morgan fingerprint density at radius 2 is 1.00 bits per heavy atom. The minimum absolute atomic E-state index is 0.0359. The molecular formula is C43H29F3N4. The molecule has 0 aliphatic rings. The molecule has 50 heavy (non-hydrogen) atoms. The molecule has 0 fully saturated rings. The topological polar surface area (TPSA) is 38.0 Å². The number of halogens is 3. The van der Waals surface area contributed by atoms with Gasteiger partial charge in [-0.1, -0.05) is 66.7 Å². The van der Waals surface area contributed by atoms with Gasteiger partial charge in [0.1, 0.15) is 0 Å². The van der Waals surface area contributed by atoms with Crippen molar-refractivity contribution in [2.24, 2.45) is 0 Å². The molecule has 0 bridgehead atoms. The lowest BCUT2D eigenvalue weighted by molar-refractivity contribution is -0.137. The highest BCUT2D eigenvalue weighted by Gasteiger charge is 2.36. The number of rotatable bonds is 3. The summed E-state index contributed by atoms with van der Waals surface area (Å²) in [5.41, 5.74) is 7.77. The van der Waals surface area contributed by atoms with E-state index in [4.69, 9.17) is 6.57 Å². The van der Waals surface area contributed by atoms with E-state index in [-0.39, 0.29) is 22.4 Å². The monoisotopic (exact) mass is 658 g/mol. The summed E-state index contributed by atoms with van der Waals surface area (Å²) >= 11 is 0. The lowest BCUT2D eigenvalue weighted by atomic mass is 9.92. The van der Waals surface area contributed by atoms with Gasteiger partial charge in [-0.05, 0) is 91.9 Å². The third kappa shape index (κ3) is 4.37. The zero-order chi connectivity index (χ0) is 35.1. The van der Waals surface area contributed by atoms with Crippen molar-refractivity contribution in [2.45, 2.75) is 33.9 Å². The first-order valence-corrected chi connectivity index (χ1v) is 16.2. The molecule has 0 aliphatic heterocycles. The largest absolute Gasteiger partial charge is 0.415 e. The molecule has 0 spiro atoms. The molecule has 0 radical (unpaired) electrons. The van der Waals surface area contributed by atoms with Crippen LogP contribution in [0.2, 0.25) is 0 Å². The molecule has 8 rings (SSSR count). The van der Waals surface area contributed by atoms with Gasteiger partial charge in [0.25, 0.3) is 0 Å². The second kappa shape index (κ2) is 11.1. The van der Waals surface area contributed by atoms with Crippen LogP contribution in [-0.2, 0) is 6.18 Å². The maximum Gasteiger partial charge on any atom is 0.415 e. The van der Waals surface area contributed by atoms with Crippen LogP contribution in [0.1, 0.15) is 33.4 Å². The van der Waals surface area contributed by atoms with E-state index in [1.54, 1.807) is 12.1 Å². The van der Waals surface area contributed by atoms with E-state index in [9.17, 15) is 18.4 Å². The lowest BCUT2D eigenvalue weighted by Crippen LogP contribution is -2.09. The van der Waals surface area contributed by atoms with Crippen LogP contribution in [0.4, 0.5) is 18.9 Å². The van der Waals surface area contributed by atoms with Gasteiger partial charge in [0, 0.05) is 27.1 Å². The standard InChI is InChI=1S/C43H29F3N4/c1-24-11-6-17-32-38(24)39-25(2)12-7-18-33(39)49(32)36-21-28(23-47)29(42-30(43(44,45)46)15-10-16-31(42)48-5)22-37(36)50-34-19-8-13-26(3)40(34)41-27(4)14-9-20-35(41)50/h6-22H,1-4H3. The number of hydrogen-bond acceptors (Lipinski definition) is 1. The summed E-state index contributed by atoms with van der Waals surface area (Å²) < 4.78 is 48.3. The number of nitriles is 1. The predicted octanol–water partition coefficient (Wildman–Crippen LogP) is 12.2. The van der Waals surface area contributed by atoms with E-state index in [0.29, 0.717) is 11.4 Å². The molecule has 4 nitrogen and oxygen atoms in total. The fraction of sp³-hybridized carbons (Fsp3) is 0.116. The van der Waals surface area contributed by atoms with Gasteiger partial charge in [-0.25, -0.2) is 4.85 Å². The maximum atomic E-state index is 14.7. The minimum atomic E-state index is -4.76. The van der Waals surface area contributed by atoms with E-state index < -0.39 is 11.7 Å². The zero-order valence-electron chi connectivity index (χ0n) is 27.7. The van der Waals surface area contributed by atoms with Crippen LogP contribution in [-0.4, -0.2) is 9.13 Å². The molecule has 2 heterocycles. The number of fused-ring (bicyclic) bond motifs is 6. The van der Waals surface area contributed by atoms with Gasteiger partial charge in [-0.15, -0.1) is 0 Å². The first kappa shape index (κ1) is 31.0. The van der Waals surface area contributed by atoms with E-state index in [0.717, 1.165) is 71.9 Å². The van der Waals surface area contributed by atoms with E-state index >= 15 is 0 Å². The molecule has 7 heteroatoms. The van der Waals surface area contributed by atoms with Gasteiger partial charge in [0.05, 0.1) is 57.2 Å². The third-order valence-electron chi connectivity index (χ3n) is 9.92. The van der Waals surface area contributed by atoms with Crippen molar-refractivity contribution in [3.05, 3.63) is 148 Å². The van der Waals surface area contributed by atoms with Crippen molar-refractivity contribution in [2.75, 3.05) is 0 Å². The summed E-state index contributed by atoms with van der Waals surface area (Å²) in [4.78, 5) is 3.51. The Hall–Kier alpha value is -6.31. The van der Waals surface area contributed by atoms with Gasteiger partial charge in [-0.2, -0.15) is 18.4 Å². The highest BCUT2D eigenvalue weighted by atomic mass is 19.4. The number of benzene rings is 6. The number of aromatic nitrogens is 2. The number of aryl methyl sites for hydroxylation is 4. The molecule has 6 aromatic carbocycles. The number of hydrogen-bond donors (Lipinski definition) is 0. The van der Waals surface area contributed by atoms with Gasteiger partial charge in [0.15, 0.2) is 5.69 Å². The number of alkyl halides is 3. The Morgan fingerprint density at radius 3 is 1.38 bits per heavy atom. The molecule has 0 amide bonds. The highest BCUT2D eigenvalue weighted by Crippen LogP contribution is 2.47. The fourth-order valence-corrected chi connectivity index (χ4v) is 7.82. The minimum Gasteiger partial charge on any atom is -0.307 e. The van der Waals surface area contributed by atoms with Crippen LogP contribution in [0.25, 0.3) is 71.0 Å². The van der Waals surface area contributed by atoms with Crippen LogP contribution in [0.15, 0.2) is 103 Å². The van der Waals surface area contributed by atoms with Crippen molar-refractivity contribution in [1.82, 2.24) is 9.13 Å². The molecule has 8 aromatic rings. The second-order valence-electron chi connectivity index (χ2n) is 12.9. The summed E-state index contributed by atoms with van der Waals surface area (Å²) in [6.45, 7) is 16.1. The van der Waals surface area contributed by atoms with Crippen LogP contribution in [0, 0.1) is 45.6 Å². The molecule has 242 valence electrons. The van der Waals surface area contributed by atoms with Gasteiger partial charge in [0.2, 0.25) is 0 Å². The molecule has 0 saturated carbocycles.